The van der Waals surface area contributed by atoms with Crippen molar-refractivity contribution in [2.75, 3.05) is 26.9 Å². The smallest absolute Gasteiger partial charge is 0.251 e. The maximum absolute atomic E-state index is 12.1. The molecular formula is C18H20ClNO4. The Kier molecular flexibility index (Phi) is 6.75. The van der Waals surface area contributed by atoms with Crippen LogP contribution in [0.2, 0.25) is 5.02 Å². The van der Waals surface area contributed by atoms with Crippen LogP contribution in [0.15, 0.2) is 42.5 Å². The van der Waals surface area contributed by atoms with Gasteiger partial charge in [-0.25, -0.2) is 0 Å². The molecule has 0 aromatic heterocycles. The van der Waals surface area contributed by atoms with Crippen LogP contribution in [0.5, 0.6) is 17.2 Å². The van der Waals surface area contributed by atoms with Crippen LogP contribution in [0.4, 0.5) is 0 Å². The van der Waals surface area contributed by atoms with Gasteiger partial charge in [-0.3, -0.25) is 4.79 Å². The van der Waals surface area contributed by atoms with Gasteiger partial charge in [-0.2, -0.15) is 0 Å². The van der Waals surface area contributed by atoms with Gasteiger partial charge in [0.05, 0.1) is 25.3 Å². The van der Waals surface area contributed by atoms with E-state index in [9.17, 15) is 4.79 Å². The minimum Gasteiger partial charge on any atom is -0.493 e. The predicted octanol–water partition coefficient (Wildman–Crippen LogP) is 3.56. The topological polar surface area (TPSA) is 56.8 Å². The van der Waals surface area contributed by atoms with E-state index in [1.165, 1.54) is 0 Å². The molecule has 0 radical (unpaired) electrons. The number of nitrogens with one attached hydrogen (secondary N) is 1. The summed E-state index contributed by atoms with van der Waals surface area (Å²) in [6.45, 7) is 3.09. The zero-order valence-corrected chi connectivity index (χ0v) is 14.4. The van der Waals surface area contributed by atoms with Crippen molar-refractivity contribution < 1.29 is 19.0 Å². The molecule has 6 heteroatoms. The summed E-state index contributed by atoms with van der Waals surface area (Å²) in [6.07, 6.45) is 0. The molecule has 0 unspecified atom stereocenters. The molecule has 0 saturated heterocycles. The molecule has 0 heterocycles. The lowest BCUT2D eigenvalue weighted by atomic mass is 10.2. The highest BCUT2D eigenvalue weighted by Crippen LogP contribution is 2.26. The molecule has 0 bridgehead atoms. The second-order valence-corrected chi connectivity index (χ2v) is 5.24. The Bertz CT molecular complexity index is 690. The molecule has 128 valence electrons. The van der Waals surface area contributed by atoms with E-state index in [0.717, 1.165) is 0 Å². The lowest BCUT2D eigenvalue weighted by Gasteiger charge is -2.11. The number of amides is 1. The van der Waals surface area contributed by atoms with Gasteiger partial charge in [0.15, 0.2) is 11.5 Å². The predicted molar refractivity (Wildman–Crippen MR) is 93.4 cm³/mol. The van der Waals surface area contributed by atoms with Crippen LogP contribution in [0, 0.1) is 0 Å². The Balaban J connectivity index is 1.84. The van der Waals surface area contributed by atoms with E-state index >= 15 is 0 Å². The largest absolute Gasteiger partial charge is 0.493 e. The van der Waals surface area contributed by atoms with Crippen LogP contribution in [-0.4, -0.2) is 32.8 Å². The summed E-state index contributed by atoms with van der Waals surface area (Å²) in [7, 11) is 1.58. The van der Waals surface area contributed by atoms with Crippen LogP contribution in [0.1, 0.15) is 17.3 Å². The van der Waals surface area contributed by atoms with E-state index in [1.807, 2.05) is 31.2 Å². The zero-order valence-electron chi connectivity index (χ0n) is 13.7. The summed E-state index contributed by atoms with van der Waals surface area (Å²) < 4.78 is 16.1. The van der Waals surface area contributed by atoms with E-state index in [1.54, 1.807) is 25.3 Å². The van der Waals surface area contributed by atoms with Crippen molar-refractivity contribution in [2.45, 2.75) is 6.92 Å². The molecule has 0 atom stereocenters. The molecule has 1 N–H and O–H groups in total. The molecule has 0 aliphatic heterocycles. The van der Waals surface area contributed by atoms with E-state index in [2.05, 4.69) is 5.32 Å². The Morgan fingerprint density at radius 1 is 1.08 bits per heavy atom. The summed E-state index contributed by atoms with van der Waals surface area (Å²) in [4.78, 5) is 12.1. The third-order valence-corrected chi connectivity index (χ3v) is 3.50. The SMILES string of the molecule is CCOc1ccc(C(=O)NCCOc2ccccc2OC)cc1Cl. The highest BCUT2D eigenvalue weighted by molar-refractivity contribution is 6.32. The first-order valence-electron chi connectivity index (χ1n) is 7.62. The number of methoxy groups -OCH3 is 1. The monoisotopic (exact) mass is 349 g/mol. The molecule has 2 rings (SSSR count). The number of halogens is 1. The Morgan fingerprint density at radius 3 is 2.50 bits per heavy atom. The van der Waals surface area contributed by atoms with Crippen molar-refractivity contribution in [3.8, 4) is 17.2 Å². The van der Waals surface area contributed by atoms with Gasteiger partial charge in [0.2, 0.25) is 0 Å². The molecule has 5 nitrogen and oxygen atoms in total. The first-order valence-corrected chi connectivity index (χ1v) is 8.00. The van der Waals surface area contributed by atoms with Crippen LogP contribution in [0.25, 0.3) is 0 Å². The van der Waals surface area contributed by atoms with Crippen molar-refractivity contribution in [1.82, 2.24) is 5.32 Å². The summed E-state index contributed by atoms with van der Waals surface area (Å²) in [5, 5.41) is 3.19. The highest BCUT2D eigenvalue weighted by Gasteiger charge is 2.09. The normalized spacial score (nSPS) is 10.1. The minimum absolute atomic E-state index is 0.219. The molecule has 0 aliphatic rings. The number of carbonyl (C=O) groups excluding carboxylic acids is 1. The molecule has 0 fully saturated rings. The standard InChI is InChI=1S/C18H20ClNO4/c1-3-23-15-9-8-13(12-14(15)19)18(21)20-10-11-24-17-7-5-4-6-16(17)22-2/h4-9,12H,3,10-11H2,1-2H3,(H,20,21). The van der Waals surface area contributed by atoms with Crippen molar-refractivity contribution in [3.05, 3.63) is 53.1 Å². The van der Waals surface area contributed by atoms with Crippen molar-refractivity contribution in [1.29, 1.82) is 0 Å². The Hall–Kier alpha value is -2.40. The fourth-order valence-electron chi connectivity index (χ4n) is 2.08. The number of hydrogen-bond acceptors (Lipinski definition) is 4. The van der Waals surface area contributed by atoms with Gasteiger partial charge in [0.25, 0.3) is 5.91 Å². The quantitative estimate of drug-likeness (QED) is 0.740. The summed E-state index contributed by atoms with van der Waals surface area (Å²) >= 11 is 6.08. The van der Waals surface area contributed by atoms with Crippen LogP contribution >= 0.6 is 11.6 Å². The molecule has 0 aliphatic carbocycles. The summed E-state index contributed by atoms with van der Waals surface area (Å²) in [6, 6.07) is 12.3. The zero-order chi connectivity index (χ0) is 17.4. The van der Waals surface area contributed by atoms with Gasteiger partial charge in [0.1, 0.15) is 12.4 Å². The van der Waals surface area contributed by atoms with Crippen LogP contribution in [-0.2, 0) is 0 Å². The average molecular weight is 350 g/mol. The van der Waals surface area contributed by atoms with E-state index in [-0.39, 0.29) is 5.91 Å². The first-order chi connectivity index (χ1) is 11.7. The number of ether oxygens (including phenoxy) is 3. The highest BCUT2D eigenvalue weighted by atomic mass is 35.5. The fourth-order valence-corrected chi connectivity index (χ4v) is 2.32. The van der Waals surface area contributed by atoms with Gasteiger partial charge >= 0.3 is 0 Å². The molecule has 24 heavy (non-hydrogen) atoms. The van der Waals surface area contributed by atoms with Crippen LogP contribution in [0.3, 0.4) is 0 Å². The van der Waals surface area contributed by atoms with Crippen molar-refractivity contribution in [2.24, 2.45) is 0 Å². The lowest BCUT2D eigenvalue weighted by molar-refractivity contribution is 0.0947. The van der Waals surface area contributed by atoms with E-state index < -0.39 is 0 Å². The van der Waals surface area contributed by atoms with Gasteiger partial charge < -0.3 is 19.5 Å². The van der Waals surface area contributed by atoms with Gasteiger partial charge in [-0.15, -0.1) is 0 Å². The van der Waals surface area contributed by atoms with Crippen molar-refractivity contribution in [3.63, 3.8) is 0 Å². The number of benzene rings is 2. The van der Waals surface area contributed by atoms with E-state index in [4.69, 9.17) is 25.8 Å². The molecular weight excluding hydrogens is 330 g/mol. The minimum atomic E-state index is -0.219. The second-order valence-electron chi connectivity index (χ2n) is 4.83. The summed E-state index contributed by atoms with van der Waals surface area (Å²) in [5.74, 6) is 1.64. The van der Waals surface area contributed by atoms with Crippen LogP contribution < -0.4 is 19.5 Å². The first kappa shape index (κ1) is 17.9. The molecule has 0 spiro atoms. The maximum Gasteiger partial charge on any atom is 0.251 e. The fraction of sp³-hybridized carbons (Fsp3) is 0.278. The Morgan fingerprint density at radius 2 is 1.83 bits per heavy atom. The molecule has 1 amide bonds. The summed E-state index contributed by atoms with van der Waals surface area (Å²) in [5.41, 5.74) is 0.473. The maximum atomic E-state index is 12.1. The average Bonchev–Trinajstić information content (AvgIpc) is 2.60. The number of hydrogen-bond donors (Lipinski definition) is 1. The third-order valence-electron chi connectivity index (χ3n) is 3.21. The molecule has 0 saturated carbocycles. The number of carbonyl (C=O) groups is 1. The number of rotatable bonds is 8. The van der Waals surface area contributed by atoms with Crippen molar-refractivity contribution >= 4 is 17.5 Å². The lowest BCUT2D eigenvalue weighted by Crippen LogP contribution is -2.28. The van der Waals surface area contributed by atoms with Gasteiger partial charge in [-0.05, 0) is 37.3 Å². The van der Waals surface area contributed by atoms with Gasteiger partial charge in [0, 0.05) is 5.56 Å². The Labute approximate surface area is 146 Å². The third kappa shape index (κ3) is 4.80. The second kappa shape index (κ2) is 9.03. The van der Waals surface area contributed by atoms with E-state index in [0.29, 0.717) is 47.6 Å². The molecule has 2 aromatic rings. The molecule has 2 aromatic carbocycles. The number of para-hydroxylation sites is 2. The van der Waals surface area contributed by atoms with Gasteiger partial charge in [-0.1, -0.05) is 23.7 Å².